The summed E-state index contributed by atoms with van der Waals surface area (Å²) < 4.78 is 26.3. The van der Waals surface area contributed by atoms with E-state index in [1.807, 2.05) is 6.92 Å². The average Bonchev–Trinajstić information content (AvgIpc) is 2.49. The molecule has 1 aliphatic rings. The number of sulfonamides is 1. The van der Waals surface area contributed by atoms with E-state index in [4.69, 9.17) is 0 Å². The summed E-state index contributed by atoms with van der Waals surface area (Å²) in [5.74, 6) is -0.135. The second-order valence-corrected chi connectivity index (χ2v) is 7.71. The van der Waals surface area contributed by atoms with E-state index in [1.165, 1.54) is 13.1 Å². The normalized spacial score (nSPS) is 21.3. The van der Waals surface area contributed by atoms with E-state index < -0.39 is 15.6 Å². The minimum absolute atomic E-state index is 0. The minimum Gasteiger partial charge on any atom is -0.324 e. The first-order valence-electron chi connectivity index (χ1n) is 7.39. The number of carbonyl (C=O) groups excluding carboxylic acids is 1. The number of carbonyl (C=O) groups is 1. The maximum Gasteiger partial charge on any atom is 0.244 e. The van der Waals surface area contributed by atoms with Crippen molar-refractivity contribution in [1.82, 2.24) is 10.0 Å². The molecular weight excluding hydrogens is 338 g/mol. The van der Waals surface area contributed by atoms with Crippen molar-refractivity contribution >= 4 is 34.0 Å². The molecule has 23 heavy (non-hydrogen) atoms. The molecule has 6 nitrogen and oxygen atoms in total. The Kier molecular flexibility index (Phi) is 6.59. The highest BCUT2D eigenvalue weighted by molar-refractivity contribution is 7.89. The zero-order valence-electron chi connectivity index (χ0n) is 13.6. The molecule has 1 amide bonds. The van der Waals surface area contributed by atoms with Crippen LogP contribution in [0.5, 0.6) is 0 Å². The molecule has 1 aromatic rings. The standard InChI is InChI=1S/C15H23N3O3S.ClH/c1-11-6-7-12(10-13(11)22(20,21)16-3)18-14(19)15(2)8-4-5-9-17-15;/h6-7,10,16-17H,4-5,8-9H2,1-3H3,(H,18,19);1H. The second kappa shape index (κ2) is 7.61. The lowest BCUT2D eigenvalue weighted by Crippen LogP contribution is -2.54. The van der Waals surface area contributed by atoms with Crippen molar-refractivity contribution in [3.63, 3.8) is 0 Å². The van der Waals surface area contributed by atoms with E-state index in [0.717, 1.165) is 25.8 Å². The molecule has 0 bridgehead atoms. The summed E-state index contributed by atoms with van der Waals surface area (Å²) in [6.07, 6.45) is 2.84. The second-order valence-electron chi connectivity index (χ2n) is 5.86. The largest absolute Gasteiger partial charge is 0.324 e. The van der Waals surface area contributed by atoms with Gasteiger partial charge in [0.15, 0.2) is 0 Å². The zero-order chi connectivity index (χ0) is 16.4. The fourth-order valence-electron chi connectivity index (χ4n) is 2.60. The van der Waals surface area contributed by atoms with Crippen LogP contribution in [0, 0.1) is 6.92 Å². The number of amides is 1. The molecular formula is C15H24ClN3O3S. The summed E-state index contributed by atoms with van der Waals surface area (Å²) in [5.41, 5.74) is 0.512. The molecule has 1 atom stereocenters. The summed E-state index contributed by atoms with van der Waals surface area (Å²) in [6.45, 7) is 4.41. The minimum atomic E-state index is -3.54. The number of anilines is 1. The van der Waals surface area contributed by atoms with Gasteiger partial charge in [-0.2, -0.15) is 0 Å². The molecule has 2 rings (SSSR count). The van der Waals surface area contributed by atoms with Crippen LogP contribution in [-0.4, -0.2) is 33.5 Å². The topological polar surface area (TPSA) is 87.3 Å². The van der Waals surface area contributed by atoms with Gasteiger partial charge >= 0.3 is 0 Å². The summed E-state index contributed by atoms with van der Waals surface area (Å²) in [6, 6.07) is 4.90. The first-order chi connectivity index (χ1) is 10.3. The van der Waals surface area contributed by atoms with E-state index in [9.17, 15) is 13.2 Å². The van der Waals surface area contributed by atoms with Crippen molar-refractivity contribution in [1.29, 1.82) is 0 Å². The molecule has 0 radical (unpaired) electrons. The van der Waals surface area contributed by atoms with Gasteiger partial charge in [-0.25, -0.2) is 13.1 Å². The smallest absolute Gasteiger partial charge is 0.244 e. The third-order valence-electron chi connectivity index (χ3n) is 4.12. The van der Waals surface area contributed by atoms with E-state index >= 15 is 0 Å². The Morgan fingerprint density at radius 3 is 2.57 bits per heavy atom. The van der Waals surface area contributed by atoms with Gasteiger partial charge in [-0.1, -0.05) is 6.07 Å². The third kappa shape index (κ3) is 4.44. The summed E-state index contributed by atoms with van der Waals surface area (Å²) >= 11 is 0. The van der Waals surface area contributed by atoms with Gasteiger partial charge in [0.25, 0.3) is 0 Å². The Morgan fingerprint density at radius 1 is 1.30 bits per heavy atom. The SMILES string of the molecule is CNS(=O)(=O)c1cc(NC(=O)C2(C)CCCCN2)ccc1C.Cl. The highest BCUT2D eigenvalue weighted by Gasteiger charge is 2.34. The molecule has 3 N–H and O–H groups in total. The van der Waals surface area contributed by atoms with Gasteiger partial charge in [-0.05, 0) is 64.4 Å². The van der Waals surface area contributed by atoms with Crippen LogP contribution in [0.4, 0.5) is 5.69 Å². The van der Waals surface area contributed by atoms with Gasteiger partial charge < -0.3 is 10.6 Å². The number of rotatable bonds is 4. The lowest BCUT2D eigenvalue weighted by Gasteiger charge is -2.33. The highest BCUT2D eigenvalue weighted by Crippen LogP contribution is 2.23. The van der Waals surface area contributed by atoms with Crippen LogP contribution in [0.3, 0.4) is 0 Å². The number of hydrogen-bond donors (Lipinski definition) is 3. The molecule has 1 aromatic carbocycles. The molecule has 1 heterocycles. The molecule has 0 aliphatic carbocycles. The Balaban J connectivity index is 0.00000264. The van der Waals surface area contributed by atoms with Crippen LogP contribution in [0.2, 0.25) is 0 Å². The van der Waals surface area contributed by atoms with Crippen LogP contribution >= 0.6 is 12.4 Å². The number of nitrogens with one attached hydrogen (secondary N) is 3. The molecule has 1 unspecified atom stereocenters. The third-order valence-corrected chi connectivity index (χ3v) is 5.68. The van der Waals surface area contributed by atoms with E-state index in [2.05, 4.69) is 15.4 Å². The fraction of sp³-hybridized carbons (Fsp3) is 0.533. The maximum atomic E-state index is 12.5. The molecule has 1 fully saturated rings. The molecule has 1 saturated heterocycles. The fourth-order valence-corrected chi connectivity index (χ4v) is 3.59. The quantitative estimate of drug-likeness (QED) is 0.763. The van der Waals surface area contributed by atoms with Crippen molar-refractivity contribution in [2.75, 3.05) is 18.9 Å². The van der Waals surface area contributed by atoms with E-state index in [1.54, 1.807) is 19.1 Å². The lowest BCUT2D eigenvalue weighted by atomic mass is 9.90. The first-order valence-corrected chi connectivity index (χ1v) is 8.87. The molecule has 0 aromatic heterocycles. The summed E-state index contributed by atoms with van der Waals surface area (Å²) in [4.78, 5) is 12.6. The number of piperidine rings is 1. The Morgan fingerprint density at radius 2 is 2.00 bits per heavy atom. The Hall–Kier alpha value is -1.15. The Bertz CT molecular complexity index is 671. The molecule has 0 spiro atoms. The van der Waals surface area contributed by atoms with Crippen LogP contribution in [0.1, 0.15) is 31.7 Å². The van der Waals surface area contributed by atoms with Crippen LogP contribution in [0.25, 0.3) is 0 Å². The van der Waals surface area contributed by atoms with Crippen molar-refractivity contribution in [3.05, 3.63) is 23.8 Å². The van der Waals surface area contributed by atoms with Crippen molar-refractivity contribution in [2.45, 2.75) is 43.5 Å². The molecule has 0 saturated carbocycles. The number of benzene rings is 1. The number of halogens is 1. The predicted molar refractivity (Wildman–Crippen MR) is 93.6 cm³/mol. The van der Waals surface area contributed by atoms with Crippen LogP contribution in [0.15, 0.2) is 23.1 Å². The van der Waals surface area contributed by atoms with Crippen molar-refractivity contribution in [2.24, 2.45) is 0 Å². The Labute approximate surface area is 143 Å². The highest BCUT2D eigenvalue weighted by atomic mass is 35.5. The van der Waals surface area contributed by atoms with Gasteiger partial charge in [-0.3, -0.25) is 4.79 Å². The van der Waals surface area contributed by atoms with Crippen LogP contribution in [-0.2, 0) is 14.8 Å². The van der Waals surface area contributed by atoms with E-state index in [-0.39, 0.29) is 23.2 Å². The van der Waals surface area contributed by atoms with Gasteiger partial charge in [0.05, 0.1) is 10.4 Å². The van der Waals surface area contributed by atoms with E-state index in [0.29, 0.717) is 11.3 Å². The van der Waals surface area contributed by atoms with Crippen molar-refractivity contribution in [3.8, 4) is 0 Å². The summed E-state index contributed by atoms with van der Waals surface area (Å²) in [5, 5.41) is 6.06. The zero-order valence-corrected chi connectivity index (χ0v) is 15.2. The maximum absolute atomic E-state index is 12.5. The summed E-state index contributed by atoms with van der Waals surface area (Å²) in [7, 11) is -2.18. The van der Waals surface area contributed by atoms with Crippen molar-refractivity contribution < 1.29 is 13.2 Å². The van der Waals surface area contributed by atoms with Crippen LogP contribution < -0.4 is 15.4 Å². The molecule has 8 heteroatoms. The van der Waals surface area contributed by atoms with Gasteiger partial charge in [0, 0.05) is 5.69 Å². The van der Waals surface area contributed by atoms with Gasteiger partial charge in [-0.15, -0.1) is 12.4 Å². The monoisotopic (exact) mass is 361 g/mol. The molecule has 130 valence electrons. The lowest BCUT2D eigenvalue weighted by molar-refractivity contribution is -0.122. The average molecular weight is 362 g/mol. The number of hydrogen-bond acceptors (Lipinski definition) is 4. The predicted octanol–water partition coefficient (Wildman–Crippen LogP) is 1.80. The number of aryl methyl sites for hydroxylation is 1. The molecule has 1 aliphatic heterocycles. The van der Waals surface area contributed by atoms with Gasteiger partial charge in [0.2, 0.25) is 15.9 Å². The first kappa shape index (κ1) is 19.9. The van der Waals surface area contributed by atoms with Gasteiger partial charge in [0.1, 0.15) is 0 Å².